The second kappa shape index (κ2) is 12.2. The number of methoxy groups -OCH3 is 1. The Bertz CT molecular complexity index is 1060. The lowest BCUT2D eigenvalue weighted by Crippen LogP contribution is -2.46. The third kappa shape index (κ3) is 6.95. The van der Waals surface area contributed by atoms with Gasteiger partial charge in [0.15, 0.2) is 0 Å². The molecule has 1 aliphatic heterocycles. The number of hydrogen-bond acceptors (Lipinski definition) is 6. The van der Waals surface area contributed by atoms with Crippen LogP contribution in [-0.4, -0.2) is 73.8 Å². The molecular weight excluding hydrogens is 472 g/mol. The number of nitrogen functional groups attached to an aromatic ring is 1. The number of carbonyl (C=O) groups is 3. The average Bonchev–Trinajstić information content (AvgIpc) is 3.24. The van der Waals surface area contributed by atoms with Gasteiger partial charge in [0.1, 0.15) is 18.2 Å². The highest BCUT2D eigenvalue weighted by Gasteiger charge is 2.39. The van der Waals surface area contributed by atoms with Gasteiger partial charge in [-0.25, -0.2) is 0 Å². The van der Waals surface area contributed by atoms with Crippen LogP contribution in [0.15, 0.2) is 48.5 Å². The molecule has 0 radical (unpaired) electrons. The van der Waals surface area contributed by atoms with E-state index in [-0.39, 0.29) is 49.2 Å². The molecule has 0 spiro atoms. The van der Waals surface area contributed by atoms with Gasteiger partial charge in [0.2, 0.25) is 0 Å². The predicted octanol–water partition coefficient (Wildman–Crippen LogP) is 2.31. The van der Waals surface area contributed by atoms with Gasteiger partial charge in [-0.1, -0.05) is 36.4 Å². The van der Waals surface area contributed by atoms with Crippen molar-refractivity contribution >= 4 is 36.0 Å². The number of benzene rings is 2. The first-order valence-electron chi connectivity index (χ1n) is 11.0. The van der Waals surface area contributed by atoms with Gasteiger partial charge in [-0.2, -0.15) is 0 Å². The standard InChI is InChI=1S/C25H30N4O5.ClH/c1-28(2)24(31)25(32)29-14-16(13-22(30)33-3)12-20(29)15-34-21-10-8-18(9-11-21)17-4-6-19(7-5-17)23(26)27;/h4-11,16,20H,12-15H2,1-3H3,(H3,26,27);1H/t16-,20-;/m0./s1. The molecule has 2 aromatic rings. The van der Waals surface area contributed by atoms with E-state index in [1.165, 1.54) is 31.0 Å². The van der Waals surface area contributed by atoms with Crippen LogP contribution in [0.25, 0.3) is 11.1 Å². The highest BCUT2D eigenvalue weighted by Crippen LogP contribution is 2.28. The summed E-state index contributed by atoms with van der Waals surface area (Å²) in [5, 5.41) is 7.49. The van der Waals surface area contributed by atoms with Crippen LogP contribution in [0.1, 0.15) is 18.4 Å². The van der Waals surface area contributed by atoms with Gasteiger partial charge < -0.3 is 25.0 Å². The molecule has 1 aliphatic rings. The molecule has 10 heteroatoms. The Hall–Kier alpha value is -3.59. The molecule has 35 heavy (non-hydrogen) atoms. The van der Waals surface area contributed by atoms with E-state index in [0.717, 1.165) is 11.1 Å². The van der Waals surface area contributed by atoms with E-state index in [9.17, 15) is 14.4 Å². The van der Waals surface area contributed by atoms with Crippen molar-refractivity contribution in [1.82, 2.24) is 9.80 Å². The van der Waals surface area contributed by atoms with Crippen LogP contribution in [-0.2, 0) is 19.1 Å². The number of nitrogens with zero attached hydrogens (tertiary/aromatic N) is 2. The van der Waals surface area contributed by atoms with Gasteiger partial charge in [0.05, 0.1) is 19.6 Å². The number of ether oxygens (including phenoxy) is 2. The summed E-state index contributed by atoms with van der Waals surface area (Å²) in [6, 6.07) is 14.6. The van der Waals surface area contributed by atoms with Crippen molar-refractivity contribution in [3.63, 3.8) is 0 Å². The summed E-state index contributed by atoms with van der Waals surface area (Å²) in [4.78, 5) is 39.4. The van der Waals surface area contributed by atoms with E-state index in [4.69, 9.17) is 20.6 Å². The van der Waals surface area contributed by atoms with E-state index in [0.29, 0.717) is 24.3 Å². The number of esters is 1. The van der Waals surface area contributed by atoms with Crippen LogP contribution in [0.4, 0.5) is 0 Å². The lowest BCUT2D eigenvalue weighted by Gasteiger charge is -2.25. The molecule has 3 rings (SSSR count). The van der Waals surface area contributed by atoms with Gasteiger partial charge in [-0.05, 0) is 35.6 Å². The van der Waals surface area contributed by atoms with Gasteiger partial charge in [0, 0.05) is 26.2 Å². The van der Waals surface area contributed by atoms with E-state index >= 15 is 0 Å². The fourth-order valence-corrected chi connectivity index (χ4v) is 3.98. The molecule has 9 nitrogen and oxygen atoms in total. The zero-order chi connectivity index (χ0) is 24.8. The first kappa shape index (κ1) is 27.7. The number of nitrogens with one attached hydrogen (secondary N) is 1. The molecule has 0 unspecified atom stereocenters. The zero-order valence-electron chi connectivity index (χ0n) is 20.0. The van der Waals surface area contributed by atoms with Crippen molar-refractivity contribution in [1.29, 1.82) is 5.41 Å². The van der Waals surface area contributed by atoms with Gasteiger partial charge >= 0.3 is 17.8 Å². The number of nitrogens with two attached hydrogens (primary N) is 1. The maximum Gasteiger partial charge on any atom is 0.312 e. The number of likely N-dealkylation sites (N-methyl/N-ethyl adjacent to an activating group) is 1. The summed E-state index contributed by atoms with van der Waals surface area (Å²) in [7, 11) is 4.39. The highest BCUT2D eigenvalue weighted by molar-refractivity contribution is 6.34. The second-order valence-electron chi connectivity index (χ2n) is 8.52. The fourth-order valence-electron chi connectivity index (χ4n) is 3.98. The molecule has 1 fully saturated rings. The molecule has 2 amide bonds. The summed E-state index contributed by atoms with van der Waals surface area (Å²) >= 11 is 0. The third-order valence-electron chi connectivity index (χ3n) is 5.86. The zero-order valence-corrected chi connectivity index (χ0v) is 20.8. The molecule has 0 aromatic heterocycles. The first-order valence-corrected chi connectivity index (χ1v) is 11.0. The number of amides is 2. The van der Waals surface area contributed by atoms with Crippen LogP contribution in [0.5, 0.6) is 5.75 Å². The van der Waals surface area contributed by atoms with Crippen LogP contribution < -0.4 is 10.5 Å². The van der Waals surface area contributed by atoms with E-state index in [1.54, 1.807) is 12.1 Å². The number of halogens is 1. The molecule has 188 valence electrons. The highest BCUT2D eigenvalue weighted by atomic mass is 35.5. The van der Waals surface area contributed by atoms with Crippen molar-refractivity contribution in [3.05, 3.63) is 54.1 Å². The topological polar surface area (TPSA) is 126 Å². The first-order chi connectivity index (χ1) is 16.2. The quantitative estimate of drug-likeness (QED) is 0.259. The minimum absolute atomic E-state index is 0. The Balaban J connectivity index is 0.00000432. The van der Waals surface area contributed by atoms with E-state index in [1.807, 2.05) is 36.4 Å². The number of carbonyl (C=O) groups excluding carboxylic acids is 3. The smallest absolute Gasteiger partial charge is 0.312 e. The van der Waals surface area contributed by atoms with Crippen molar-refractivity contribution in [2.75, 3.05) is 34.4 Å². The Morgan fingerprint density at radius 2 is 1.63 bits per heavy atom. The van der Waals surface area contributed by atoms with E-state index in [2.05, 4.69) is 0 Å². The largest absolute Gasteiger partial charge is 0.491 e. The Morgan fingerprint density at radius 3 is 2.14 bits per heavy atom. The molecule has 2 aromatic carbocycles. The van der Waals surface area contributed by atoms with E-state index < -0.39 is 11.8 Å². The number of rotatable bonds is 7. The van der Waals surface area contributed by atoms with Gasteiger partial charge in [-0.3, -0.25) is 19.8 Å². The maximum absolute atomic E-state index is 12.7. The normalized spacial score (nSPS) is 16.7. The summed E-state index contributed by atoms with van der Waals surface area (Å²) < 4.78 is 10.7. The summed E-state index contributed by atoms with van der Waals surface area (Å²) in [6.45, 7) is 0.507. The molecule has 0 bridgehead atoms. The van der Waals surface area contributed by atoms with Crippen LogP contribution in [0, 0.1) is 11.3 Å². The molecule has 2 atom stereocenters. The minimum atomic E-state index is -0.608. The Morgan fingerprint density at radius 1 is 1.06 bits per heavy atom. The van der Waals surface area contributed by atoms with Crippen LogP contribution >= 0.6 is 12.4 Å². The number of amidine groups is 1. The molecular formula is C25H31ClN4O5. The Kier molecular flexibility index (Phi) is 9.65. The summed E-state index contributed by atoms with van der Waals surface area (Å²) in [5.41, 5.74) is 8.13. The lowest BCUT2D eigenvalue weighted by atomic mass is 10.0. The maximum atomic E-state index is 12.7. The van der Waals surface area contributed by atoms with Crippen LogP contribution in [0.3, 0.4) is 0 Å². The lowest BCUT2D eigenvalue weighted by molar-refractivity contribution is -0.151. The predicted molar refractivity (Wildman–Crippen MR) is 135 cm³/mol. The van der Waals surface area contributed by atoms with Gasteiger partial charge in [-0.15, -0.1) is 12.4 Å². The average molecular weight is 503 g/mol. The second-order valence-corrected chi connectivity index (χ2v) is 8.52. The van der Waals surface area contributed by atoms with Crippen molar-refractivity contribution < 1.29 is 23.9 Å². The third-order valence-corrected chi connectivity index (χ3v) is 5.86. The molecule has 0 saturated carbocycles. The fraction of sp³-hybridized carbons (Fsp3) is 0.360. The molecule has 1 heterocycles. The number of hydrogen-bond donors (Lipinski definition) is 2. The SMILES string of the molecule is COC(=O)C[C@@H]1C[C@@H](COc2ccc(-c3ccc(C(=N)N)cc3)cc2)N(C(=O)C(=O)N(C)C)C1.Cl. The molecule has 0 aliphatic carbocycles. The Labute approximate surface area is 211 Å². The number of likely N-dealkylation sites (tertiary alicyclic amines) is 1. The van der Waals surface area contributed by atoms with Crippen molar-refractivity contribution in [2.45, 2.75) is 18.9 Å². The molecule has 1 saturated heterocycles. The van der Waals surface area contributed by atoms with Crippen LogP contribution in [0.2, 0.25) is 0 Å². The summed E-state index contributed by atoms with van der Waals surface area (Å²) in [6.07, 6.45) is 0.728. The van der Waals surface area contributed by atoms with Crippen molar-refractivity contribution in [2.24, 2.45) is 11.7 Å². The molecule has 3 N–H and O–H groups in total. The summed E-state index contributed by atoms with van der Waals surface area (Å²) in [5.74, 6) is -0.993. The van der Waals surface area contributed by atoms with Crippen molar-refractivity contribution in [3.8, 4) is 16.9 Å². The minimum Gasteiger partial charge on any atom is -0.491 e. The van der Waals surface area contributed by atoms with Gasteiger partial charge in [0.25, 0.3) is 0 Å². The monoisotopic (exact) mass is 502 g/mol.